The summed E-state index contributed by atoms with van der Waals surface area (Å²) in [6, 6.07) is 9.30. The van der Waals surface area contributed by atoms with Gasteiger partial charge >= 0.3 is 0 Å². The molecule has 1 saturated heterocycles. The summed E-state index contributed by atoms with van der Waals surface area (Å²) >= 11 is 0. The molecule has 0 radical (unpaired) electrons. The number of hydrogen-bond acceptors (Lipinski definition) is 5. The van der Waals surface area contributed by atoms with Crippen molar-refractivity contribution in [2.75, 3.05) is 25.9 Å². The van der Waals surface area contributed by atoms with Crippen molar-refractivity contribution in [1.82, 2.24) is 14.8 Å². The fourth-order valence-electron chi connectivity index (χ4n) is 3.44. The van der Waals surface area contributed by atoms with Crippen LogP contribution in [0.5, 0.6) is 0 Å². The molecule has 0 aliphatic carbocycles. The molecule has 1 fully saturated rings. The Balaban J connectivity index is 1.89. The van der Waals surface area contributed by atoms with Gasteiger partial charge in [-0.15, -0.1) is 0 Å². The van der Waals surface area contributed by atoms with Gasteiger partial charge in [-0.1, -0.05) is 12.1 Å². The molecule has 3 rings (SSSR count). The molecule has 1 atom stereocenters. The van der Waals surface area contributed by atoms with Crippen LogP contribution in [0, 0.1) is 11.3 Å². The minimum absolute atomic E-state index is 0.0975. The molecule has 156 valence electrons. The molecule has 2 amide bonds. The zero-order valence-corrected chi connectivity index (χ0v) is 16.4. The van der Waals surface area contributed by atoms with Crippen molar-refractivity contribution in [3.63, 3.8) is 0 Å². The lowest BCUT2D eigenvalue weighted by Gasteiger charge is -2.39. The van der Waals surface area contributed by atoms with Crippen LogP contribution in [0.1, 0.15) is 28.8 Å². The maximum atomic E-state index is 13.1. The summed E-state index contributed by atoms with van der Waals surface area (Å²) < 4.78 is 25.5. The molecule has 9 heteroatoms. The first-order valence-electron chi connectivity index (χ1n) is 9.42. The van der Waals surface area contributed by atoms with Crippen molar-refractivity contribution < 1.29 is 18.4 Å². The van der Waals surface area contributed by atoms with E-state index in [0.29, 0.717) is 23.2 Å². The third-order valence-corrected chi connectivity index (χ3v) is 5.11. The van der Waals surface area contributed by atoms with E-state index in [2.05, 4.69) is 4.98 Å². The number of anilines is 1. The van der Waals surface area contributed by atoms with Crippen molar-refractivity contribution >= 4 is 17.6 Å². The average molecular weight is 413 g/mol. The summed E-state index contributed by atoms with van der Waals surface area (Å²) in [6.45, 7) is 0.601. The number of benzene rings is 1. The number of nitrogens with zero attached hydrogens (tertiary/aromatic N) is 4. The van der Waals surface area contributed by atoms with Crippen molar-refractivity contribution in [3.8, 4) is 17.2 Å². The van der Waals surface area contributed by atoms with Gasteiger partial charge in [-0.25, -0.2) is 13.8 Å². The molecule has 1 unspecified atom stereocenters. The third kappa shape index (κ3) is 4.38. The maximum absolute atomic E-state index is 13.1. The second-order valence-corrected chi connectivity index (χ2v) is 7.09. The second-order valence-electron chi connectivity index (χ2n) is 7.09. The average Bonchev–Trinajstić information content (AvgIpc) is 2.74. The van der Waals surface area contributed by atoms with Gasteiger partial charge in [0, 0.05) is 43.9 Å². The minimum atomic E-state index is -2.54. The molecule has 1 aliphatic rings. The fraction of sp³-hybridized carbons (Fsp3) is 0.333. The number of nitriles is 1. The van der Waals surface area contributed by atoms with Gasteiger partial charge in [0.05, 0.1) is 5.56 Å². The summed E-state index contributed by atoms with van der Waals surface area (Å²) in [4.78, 5) is 32.5. The predicted molar refractivity (Wildman–Crippen MR) is 106 cm³/mol. The number of hydrogen-bond donors (Lipinski definition) is 1. The summed E-state index contributed by atoms with van der Waals surface area (Å²) in [7, 11) is 1.60. The van der Waals surface area contributed by atoms with Crippen molar-refractivity contribution in [3.05, 3.63) is 47.7 Å². The van der Waals surface area contributed by atoms with Crippen LogP contribution in [0.3, 0.4) is 0 Å². The molecule has 1 aromatic heterocycles. The van der Waals surface area contributed by atoms with E-state index in [-0.39, 0.29) is 30.3 Å². The Morgan fingerprint density at radius 3 is 2.80 bits per heavy atom. The highest BCUT2D eigenvalue weighted by Crippen LogP contribution is 2.25. The Labute approximate surface area is 172 Å². The zero-order valence-electron chi connectivity index (χ0n) is 16.4. The van der Waals surface area contributed by atoms with Crippen LogP contribution < -0.4 is 5.73 Å². The predicted octanol–water partition coefficient (Wildman–Crippen LogP) is 2.53. The van der Waals surface area contributed by atoms with Crippen LogP contribution >= 0.6 is 0 Å². The lowest BCUT2D eigenvalue weighted by molar-refractivity contribution is -0.139. The van der Waals surface area contributed by atoms with Gasteiger partial charge in [-0.3, -0.25) is 9.59 Å². The smallest absolute Gasteiger partial charge is 0.254 e. The Bertz CT molecular complexity index is 1010. The first-order chi connectivity index (χ1) is 14.3. The summed E-state index contributed by atoms with van der Waals surface area (Å²) in [5.41, 5.74) is 7.46. The number of likely N-dealkylation sites (N-methyl/N-ethyl adjacent to an activating group) is 1. The van der Waals surface area contributed by atoms with Crippen LogP contribution in [0.4, 0.5) is 14.6 Å². The highest BCUT2D eigenvalue weighted by Gasteiger charge is 2.36. The molecule has 0 spiro atoms. The van der Waals surface area contributed by atoms with Gasteiger partial charge in [0.1, 0.15) is 17.9 Å². The Kier molecular flexibility index (Phi) is 6.26. The van der Waals surface area contributed by atoms with E-state index >= 15 is 0 Å². The Morgan fingerprint density at radius 2 is 2.10 bits per heavy atom. The van der Waals surface area contributed by atoms with E-state index in [4.69, 9.17) is 11.0 Å². The summed E-state index contributed by atoms with van der Waals surface area (Å²) in [6.07, 6.45) is -1.59. The van der Waals surface area contributed by atoms with Crippen LogP contribution in [-0.2, 0) is 4.79 Å². The van der Waals surface area contributed by atoms with Gasteiger partial charge in [0.15, 0.2) is 0 Å². The molecule has 0 bridgehead atoms. The topological polar surface area (TPSA) is 103 Å². The molecule has 1 aliphatic heterocycles. The minimum Gasteiger partial charge on any atom is -0.383 e. The molecule has 7 nitrogen and oxygen atoms in total. The third-order valence-electron chi connectivity index (χ3n) is 5.11. The summed E-state index contributed by atoms with van der Waals surface area (Å²) in [5, 5.41) is 9.15. The van der Waals surface area contributed by atoms with Crippen LogP contribution in [0.2, 0.25) is 0 Å². The molecular formula is C21H21F2N5O2. The van der Waals surface area contributed by atoms with Crippen molar-refractivity contribution in [2.45, 2.75) is 25.3 Å². The number of carbonyl (C=O) groups is 2. The molecule has 1 aromatic carbocycles. The van der Waals surface area contributed by atoms with Crippen LogP contribution in [0.25, 0.3) is 11.1 Å². The molecule has 0 saturated carbocycles. The Hall–Kier alpha value is -3.54. The monoisotopic (exact) mass is 413 g/mol. The van der Waals surface area contributed by atoms with E-state index in [1.54, 1.807) is 37.4 Å². The highest BCUT2D eigenvalue weighted by molar-refractivity contribution is 5.99. The molecule has 30 heavy (non-hydrogen) atoms. The van der Waals surface area contributed by atoms with Gasteiger partial charge in [-0.05, 0) is 30.2 Å². The molecule has 2 heterocycles. The number of rotatable bonds is 5. The van der Waals surface area contributed by atoms with E-state index in [1.165, 1.54) is 16.0 Å². The number of halogens is 2. The number of carbonyl (C=O) groups excluding carboxylic acids is 2. The molecule has 2 aromatic rings. The number of aromatic nitrogens is 1. The van der Waals surface area contributed by atoms with E-state index in [9.17, 15) is 18.4 Å². The molecular weight excluding hydrogens is 392 g/mol. The van der Waals surface area contributed by atoms with Gasteiger partial charge < -0.3 is 15.5 Å². The molecule has 2 N–H and O–H groups in total. The van der Waals surface area contributed by atoms with Crippen molar-refractivity contribution in [1.29, 1.82) is 5.26 Å². The quantitative estimate of drug-likeness (QED) is 0.811. The second kappa shape index (κ2) is 8.86. The largest absolute Gasteiger partial charge is 0.383 e. The number of piperazine rings is 1. The highest BCUT2D eigenvalue weighted by atomic mass is 19.3. The zero-order chi connectivity index (χ0) is 21.8. The number of pyridine rings is 1. The summed E-state index contributed by atoms with van der Waals surface area (Å²) in [5.74, 6) is -0.624. The maximum Gasteiger partial charge on any atom is 0.254 e. The van der Waals surface area contributed by atoms with Gasteiger partial charge in [0.2, 0.25) is 12.3 Å². The van der Waals surface area contributed by atoms with Gasteiger partial charge in [0.25, 0.3) is 5.91 Å². The van der Waals surface area contributed by atoms with E-state index in [1.807, 2.05) is 6.07 Å². The van der Waals surface area contributed by atoms with Crippen molar-refractivity contribution in [2.24, 2.45) is 0 Å². The first-order valence-corrected chi connectivity index (χ1v) is 9.42. The standard InChI is InChI=1S/C21H21F2N5O2/c1-27-7-8-28(17(21(27)30)5-6-18(22)23)20(29)14-4-2-3-13(9-14)16-10-15(11-24)19(25)26-12-16/h2-4,9-10,12,17-18H,5-8H2,1H3,(H2,25,26). The Morgan fingerprint density at radius 1 is 1.33 bits per heavy atom. The SMILES string of the molecule is CN1CCN(C(=O)c2cccc(-c3cnc(N)c(C#N)c3)c2)C(CCC(F)F)C1=O. The number of nitrogen functional groups attached to an aromatic ring is 1. The van der Waals surface area contributed by atoms with Crippen LogP contribution in [0.15, 0.2) is 36.5 Å². The fourth-order valence-corrected chi connectivity index (χ4v) is 3.44. The normalized spacial score (nSPS) is 16.6. The van der Waals surface area contributed by atoms with E-state index < -0.39 is 24.8 Å². The lowest BCUT2D eigenvalue weighted by Crippen LogP contribution is -2.57. The first kappa shape index (κ1) is 21.2. The lowest BCUT2D eigenvalue weighted by atomic mass is 10.0. The number of nitrogens with two attached hydrogens (primary N) is 1. The number of alkyl halides is 2. The van der Waals surface area contributed by atoms with Crippen LogP contribution in [-0.4, -0.2) is 59.2 Å². The number of amides is 2. The van der Waals surface area contributed by atoms with E-state index in [0.717, 1.165) is 0 Å². The van der Waals surface area contributed by atoms with Gasteiger partial charge in [-0.2, -0.15) is 5.26 Å².